The van der Waals surface area contributed by atoms with E-state index in [0.717, 1.165) is 27.9 Å². The van der Waals surface area contributed by atoms with Crippen LogP contribution in [-0.2, 0) is 4.74 Å². The van der Waals surface area contributed by atoms with Crippen molar-refractivity contribution in [2.45, 2.75) is 13.8 Å². The summed E-state index contributed by atoms with van der Waals surface area (Å²) in [5.74, 6) is -0.411. The van der Waals surface area contributed by atoms with E-state index in [1.807, 2.05) is 48.0 Å². The average Bonchev–Trinajstić information content (AvgIpc) is 3.13. The molecule has 0 unspecified atom stereocenters. The van der Waals surface area contributed by atoms with Crippen LogP contribution in [0.4, 0.5) is 0 Å². The van der Waals surface area contributed by atoms with Crippen LogP contribution in [-0.4, -0.2) is 22.4 Å². The number of ether oxygens (including phenoxy) is 1. The fourth-order valence-electron chi connectivity index (χ4n) is 3.20. The molecule has 27 heavy (non-hydrogen) atoms. The number of carbonyl (C=O) groups excluding carboxylic acids is 1. The maximum absolute atomic E-state index is 12.3. The highest BCUT2D eigenvalue weighted by Crippen LogP contribution is 2.28. The van der Waals surface area contributed by atoms with E-state index in [-0.39, 0.29) is 0 Å². The molecule has 4 rings (SSSR count). The van der Waals surface area contributed by atoms with Gasteiger partial charge in [0.15, 0.2) is 5.69 Å². The monoisotopic (exact) mass is 356 g/mol. The van der Waals surface area contributed by atoms with Crippen LogP contribution >= 0.6 is 0 Å². The molecule has 1 heterocycles. The Morgan fingerprint density at radius 1 is 0.963 bits per heavy atom. The molecule has 4 aromatic rings. The zero-order valence-electron chi connectivity index (χ0n) is 15.3. The van der Waals surface area contributed by atoms with Crippen LogP contribution in [0, 0.1) is 6.92 Å². The second-order valence-corrected chi connectivity index (χ2v) is 6.45. The molecule has 0 N–H and O–H groups in total. The molecule has 0 saturated carbocycles. The Kier molecular flexibility index (Phi) is 4.47. The molecule has 134 valence electrons. The molecule has 0 saturated heterocycles. The van der Waals surface area contributed by atoms with Crippen molar-refractivity contribution >= 4 is 16.7 Å². The van der Waals surface area contributed by atoms with Crippen LogP contribution < -0.4 is 0 Å². The molecule has 0 aliphatic heterocycles. The molecule has 0 amide bonds. The molecule has 4 heteroatoms. The molecule has 0 spiro atoms. The largest absolute Gasteiger partial charge is 0.461 e. The van der Waals surface area contributed by atoms with Crippen molar-refractivity contribution in [2.75, 3.05) is 6.61 Å². The fraction of sp³-hybridized carbons (Fsp3) is 0.130. The van der Waals surface area contributed by atoms with Gasteiger partial charge in [0.05, 0.1) is 18.0 Å². The highest BCUT2D eigenvalue weighted by Gasteiger charge is 2.18. The van der Waals surface area contributed by atoms with Crippen LogP contribution in [0.2, 0.25) is 0 Å². The number of esters is 1. The zero-order valence-corrected chi connectivity index (χ0v) is 15.3. The third kappa shape index (κ3) is 3.34. The van der Waals surface area contributed by atoms with Gasteiger partial charge in [0.1, 0.15) is 0 Å². The Hall–Kier alpha value is -3.40. The summed E-state index contributed by atoms with van der Waals surface area (Å²) in [5, 5.41) is 6.86. The predicted molar refractivity (Wildman–Crippen MR) is 107 cm³/mol. The number of carbonyl (C=O) groups is 1. The van der Waals surface area contributed by atoms with Crippen molar-refractivity contribution in [3.63, 3.8) is 0 Å². The predicted octanol–water partition coefficient (Wildman–Crippen LogP) is 5.18. The third-order valence-corrected chi connectivity index (χ3v) is 4.49. The first-order chi connectivity index (χ1) is 13.2. The highest BCUT2D eigenvalue weighted by molar-refractivity contribution is 5.91. The van der Waals surface area contributed by atoms with Gasteiger partial charge >= 0.3 is 5.97 Å². The Bertz CT molecular complexity index is 1130. The summed E-state index contributed by atoms with van der Waals surface area (Å²) < 4.78 is 6.96. The maximum Gasteiger partial charge on any atom is 0.358 e. The van der Waals surface area contributed by atoms with Gasteiger partial charge in [-0.25, -0.2) is 9.48 Å². The van der Waals surface area contributed by atoms with Crippen molar-refractivity contribution in [1.29, 1.82) is 0 Å². The summed E-state index contributed by atoms with van der Waals surface area (Å²) in [5.41, 5.74) is 4.20. The van der Waals surface area contributed by atoms with E-state index in [9.17, 15) is 4.79 Å². The number of fused-ring (bicyclic) bond motifs is 1. The van der Waals surface area contributed by atoms with Crippen molar-refractivity contribution in [2.24, 2.45) is 0 Å². The minimum absolute atomic E-state index is 0.307. The molecule has 0 bridgehead atoms. The number of hydrogen-bond donors (Lipinski definition) is 0. The number of aryl methyl sites for hydroxylation is 1. The molecular formula is C23H20N2O2. The van der Waals surface area contributed by atoms with Crippen molar-refractivity contribution < 1.29 is 9.53 Å². The van der Waals surface area contributed by atoms with E-state index in [1.165, 1.54) is 5.39 Å². The van der Waals surface area contributed by atoms with Gasteiger partial charge in [-0.1, -0.05) is 48.5 Å². The molecule has 1 aromatic heterocycles. The topological polar surface area (TPSA) is 44.1 Å². The zero-order chi connectivity index (χ0) is 18.8. The van der Waals surface area contributed by atoms with Crippen molar-refractivity contribution in [3.05, 3.63) is 84.1 Å². The Morgan fingerprint density at radius 2 is 1.78 bits per heavy atom. The third-order valence-electron chi connectivity index (χ3n) is 4.49. The van der Waals surface area contributed by atoms with E-state index in [1.54, 1.807) is 13.0 Å². The number of benzene rings is 3. The number of nitrogens with zero attached hydrogens (tertiary/aromatic N) is 2. The average molecular weight is 356 g/mol. The quantitative estimate of drug-likeness (QED) is 0.473. The van der Waals surface area contributed by atoms with Gasteiger partial charge in [-0.05, 0) is 54.4 Å². The minimum atomic E-state index is -0.411. The van der Waals surface area contributed by atoms with E-state index in [0.29, 0.717) is 12.3 Å². The van der Waals surface area contributed by atoms with E-state index in [4.69, 9.17) is 4.74 Å². The van der Waals surface area contributed by atoms with E-state index >= 15 is 0 Å². The van der Waals surface area contributed by atoms with Crippen molar-refractivity contribution in [3.8, 4) is 16.9 Å². The molecule has 0 radical (unpaired) electrons. The van der Waals surface area contributed by atoms with E-state index < -0.39 is 5.97 Å². The lowest BCUT2D eigenvalue weighted by atomic mass is 10.0. The van der Waals surface area contributed by atoms with Crippen LogP contribution in [0.15, 0.2) is 72.8 Å². The first-order valence-corrected chi connectivity index (χ1v) is 8.99. The molecule has 0 atom stereocenters. The van der Waals surface area contributed by atoms with Crippen LogP contribution in [0.3, 0.4) is 0 Å². The highest BCUT2D eigenvalue weighted by atomic mass is 16.5. The molecule has 0 fully saturated rings. The Labute approximate surface area is 158 Å². The molecular weight excluding hydrogens is 336 g/mol. The first kappa shape index (κ1) is 17.0. The van der Waals surface area contributed by atoms with Gasteiger partial charge in [0.2, 0.25) is 0 Å². The van der Waals surface area contributed by atoms with Crippen molar-refractivity contribution in [1.82, 2.24) is 9.78 Å². The number of aromatic nitrogens is 2. The minimum Gasteiger partial charge on any atom is -0.461 e. The molecule has 3 aromatic carbocycles. The summed E-state index contributed by atoms with van der Waals surface area (Å²) in [6, 6.07) is 24.3. The van der Waals surface area contributed by atoms with Crippen LogP contribution in [0.25, 0.3) is 27.7 Å². The maximum atomic E-state index is 12.3. The molecule has 0 aliphatic rings. The lowest BCUT2D eigenvalue weighted by molar-refractivity contribution is 0.0519. The van der Waals surface area contributed by atoms with Gasteiger partial charge < -0.3 is 4.74 Å². The number of rotatable bonds is 4. The summed E-state index contributed by atoms with van der Waals surface area (Å²) in [6.07, 6.45) is 0. The smallest absolute Gasteiger partial charge is 0.358 e. The van der Waals surface area contributed by atoms with Crippen LogP contribution in [0.5, 0.6) is 0 Å². The number of hydrogen-bond acceptors (Lipinski definition) is 3. The SMILES string of the molecule is CCOC(=O)c1cc(-c2ccc3ccccc3c2)n(-c2cccc(C)c2)n1. The lowest BCUT2D eigenvalue weighted by Crippen LogP contribution is -2.06. The van der Waals surface area contributed by atoms with Crippen LogP contribution in [0.1, 0.15) is 23.0 Å². The summed E-state index contributed by atoms with van der Waals surface area (Å²) >= 11 is 0. The summed E-state index contributed by atoms with van der Waals surface area (Å²) in [6.45, 7) is 4.15. The Morgan fingerprint density at radius 3 is 2.56 bits per heavy atom. The lowest BCUT2D eigenvalue weighted by Gasteiger charge is -2.09. The van der Waals surface area contributed by atoms with Gasteiger partial charge in [-0.15, -0.1) is 0 Å². The van der Waals surface area contributed by atoms with Gasteiger partial charge in [0.25, 0.3) is 0 Å². The first-order valence-electron chi connectivity index (χ1n) is 8.99. The van der Waals surface area contributed by atoms with E-state index in [2.05, 4.69) is 35.4 Å². The summed E-state index contributed by atoms with van der Waals surface area (Å²) in [7, 11) is 0. The second-order valence-electron chi connectivity index (χ2n) is 6.45. The van der Waals surface area contributed by atoms with Gasteiger partial charge in [-0.3, -0.25) is 0 Å². The second kappa shape index (κ2) is 7.08. The normalized spacial score (nSPS) is 10.9. The standard InChI is InChI=1S/C23H20N2O2/c1-3-27-23(26)21-15-22(25(24-21)20-10-6-7-16(2)13-20)19-12-11-17-8-4-5-9-18(17)14-19/h4-15H,3H2,1-2H3. The van der Waals surface area contributed by atoms with Gasteiger partial charge in [0, 0.05) is 5.56 Å². The molecule has 0 aliphatic carbocycles. The molecule has 4 nitrogen and oxygen atoms in total. The van der Waals surface area contributed by atoms with Gasteiger partial charge in [-0.2, -0.15) is 5.10 Å². The summed E-state index contributed by atoms with van der Waals surface area (Å²) in [4.78, 5) is 12.3. The Balaban J connectivity index is 1.90. The fourth-order valence-corrected chi connectivity index (χ4v) is 3.20.